The molecule has 6 rings (SSSR count). The summed E-state index contributed by atoms with van der Waals surface area (Å²) in [7, 11) is 0. The van der Waals surface area contributed by atoms with Crippen LogP contribution in [0.3, 0.4) is 0 Å². The second-order valence-corrected chi connectivity index (χ2v) is 8.70. The molecule has 2 aliphatic heterocycles. The monoisotopic (exact) mass is 438 g/mol. The van der Waals surface area contributed by atoms with Crippen molar-refractivity contribution < 1.29 is 14.6 Å². The minimum Gasteiger partial charge on any atom is -0.458 e. The molecule has 164 valence electrons. The Bertz CT molecular complexity index is 1510. The van der Waals surface area contributed by atoms with E-state index in [2.05, 4.69) is 18.2 Å². The lowest BCUT2D eigenvalue weighted by molar-refractivity contribution is -0.172. The van der Waals surface area contributed by atoms with Gasteiger partial charge in [-0.25, -0.2) is 9.78 Å². The van der Waals surface area contributed by atoms with Crippen LogP contribution in [0.25, 0.3) is 22.3 Å². The van der Waals surface area contributed by atoms with E-state index in [1.165, 1.54) is 5.56 Å². The van der Waals surface area contributed by atoms with Crippen LogP contribution in [0, 0.1) is 0 Å². The highest BCUT2D eigenvalue weighted by Crippen LogP contribution is 2.40. The quantitative estimate of drug-likeness (QED) is 0.435. The van der Waals surface area contributed by atoms with Gasteiger partial charge in [0.15, 0.2) is 5.60 Å². The Hall–Kier alpha value is -3.77. The first-order chi connectivity index (χ1) is 16.0. The number of carbonyl (C=O) groups is 1. The van der Waals surface area contributed by atoms with Gasteiger partial charge in [-0.3, -0.25) is 4.79 Å². The number of fused-ring (bicyclic) bond motifs is 5. The van der Waals surface area contributed by atoms with E-state index in [0.29, 0.717) is 23.4 Å². The fourth-order valence-electron chi connectivity index (χ4n) is 5.11. The largest absolute Gasteiger partial charge is 0.458 e. The number of hydrogen-bond acceptors (Lipinski definition) is 5. The molecule has 0 spiro atoms. The van der Waals surface area contributed by atoms with E-state index in [4.69, 9.17) is 9.72 Å². The smallest absolute Gasteiger partial charge is 0.343 e. The van der Waals surface area contributed by atoms with E-state index < -0.39 is 11.6 Å². The predicted octanol–water partition coefficient (Wildman–Crippen LogP) is 3.67. The highest BCUT2D eigenvalue weighted by Gasteiger charge is 2.45. The zero-order valence-electron chi connectivity index (χ0n) is 18.2. The predicted molar refractivity (Wildman–Crippen MR) is 124 cm³/mol. The van der Waals surface area contributed by atoms with Crippen LogP contribution < -0.4 is 5.56 Å². The molecule has 0 saturated carbocycles. The zero-order valence-corrected chi connectivity index (χ0v) is 18.2. The number of rotatable bonds is 3. The van der Waals surface area contributed by atoms with E-state index in [-0.39, 0.29) is 18.6 Å². The van der Waals surface area contributed by atoms with Crippen LogP contribution in [0.4, 0.5) is 0 Å². The van der Waals surface area contributed by atoms with E-state index in [1.807, 2.05) is 36.4 Å². The van der Waals surface area contributed by atoms with Gasteiger partial charge in [0.25, 0.3) is 5.56 Å². The maximum atomic E-state index is 13.5. The second kappa shape index (κ2) is 7.12. The fraction of sp³-hybridized carbons (Fsp3) is 0.222. The first kappa shape index (κ1) is 19.9. The van der Waals surface area contributed by atoms with Crippen molar-refractivity contribution in [2.45, 2.75) is 38.5 Å². The third-order valence-corrected chi connectivity index (χ3v) is 6.94. The van der Waals surface area contributed by atoms with Crippen LogP contribution in [0.1, 0.15) is 41.2 Å². The highest BCUT2D eigenvalue weighted by atomic mass is 16.6. The molecule has 1 N–H and O–H groups in total. The second-order valence-electron chi connectivity index (χ2n) is 8.70. The van der Waals surface area contributed by atoms with Gasteiger partial charge in [0, 0.05) is 16.5 Å². The summed E-state index contributed by atoms with van der Waals surface area (Å²) in [4.78, 5) is 30.8. The summed E-state index contributed by atoms with van der Waals surface area (Å²) in [6.45, 7) is 1.98. The number of para-hydroxylation sites is 1. The third-order valence-electron chi connectivity index (χ3n) is 6.94. The van der Waals surface area contributed by atoms with Gasteiger partial charge in [0.1, 0.15) is 6.61 Å². The Kier molecular flexibility index (Phi) is 4.29. The molecule has 2 aromatic heterocycles. The number of aromatic nitrogens is 2. The van der Waals surface area contributed by atoms with Gasteiger partial charge in [-0.15, -0.1) is 0 Å². The number of pyridine rings is 2. The number of carbonyl (C=O) groups excluding carboxylic acids is 1. The van der Waals surface area contributed by atoms with E-state index >= 15 is 0 Å². The van der Waals surface area contributed by atoms with Gasteiger partial charge in [-0.05, 0) is 36.1 Å². The molecule has 0 fully saturated rings. The van der Waals surface area contributed by atoms with Crippen LogP contribution >= 0.6 is 0 Å². The Morgan fingerprint density at radius 2 is 1.82 bits per heavy atom. The summed E-state index contributed by atoms with van der Waals surface area (Å²) in [6, 6.07) is 20.0. The Balaban J connectivity index is 1.62. The van der Waals surface area contributed by atoms with Gasteiger partial charge in [0.05, 0.1) is 29.0 Å². The summed E-state index contributed by atoms with van der Waals surface area (Å²) in [5.41, 5.74) is 4.15. The van der Waals surface area contributed by atoms with E-state index in [9.17, 15) is 14.7 Å². The van der Waals surface area contributed by atoms with Crippen molar-refractivity contribution in [1.29, 1.82) is 0 Å². The van der Waals surface area contributed by atoms with Crippen LogP contribution in [0.15, 0.2) is 65.5 Å². The van der Waals surface area contributed by atoms with Crippen molar-refractivity contribution >= 4 is 16.9 Å². The Morgan fingerprint density at radius 3 is 2.61 bits per heavy atom. The number of benzene rings is 2. The Labute approximate surface area is 190 Å². The van der Waals surface area contributed by atoms with Crippen LogP contribution in [0.5, 0.6) is 0 Å². The molecule has 33 heavy (non-hydrogen) atoms. The third kappa shape index (κ3) is 2.80. The normalized spacial score (nSPS) is 18.5. The molecule has 6 heteroatoms. The number of nitrogens with zero attached hydrogens (tertiary/aromatic N) is 2. The van der Waals surface area contributed by atoms with Crippen molar-refractivity contribution in [1.82, 2.24) is 9.55 Å². The number of esters is 1. The fourth-order valence-corrected chi connectivity index (χ4v) is 5.11. The maximum Gasteiger partial charge on any atom is 0.343 e. The molecule has 0 bridgehead atoms. The van der Waals surface area contributed by atoms with E-state index in [1.54, 1.807) is 17.6 Å². The average molecular weight is 438 g/mol. The standard InChI is InChI=1S/C27H22N2O4/c1-2-27(32)21-13-23-24-19(14-29(23)25(30)20(21)15-33-26(27)31)18(12-16-8-4-3-5-9-16)17-10-6-7-11-22(17)28-24/h3-11,13,32H,2,12,14-15H2,1H3/t27-/m0/s1. The van der Waals surface area contributed by atoms with Crippen LogP contribution in [-0.4, -0.2) is 20.6 Å². The van der Waals surface area contributed by atoms with Crippen LogP contribution in [-0.2, 0) is 34.7 Å². The molecule has 0 unspecified atom stereocenters. The average Bonchev–Trinajstić information content (AvgIpc) is 3.21. The summed E-state index contributed by atoms with van der Waals surface area (Å²) >= 11 is 0. The van der Waals surface area contributed by atoms with Crippen molar-refractivity contribution in [3.05, 3.63) is 98.8 Å². The van der Waals surface area contributed by atoms with E-state index in [0.717, 1.165) is 34.1 Å². The summed E-state index contributed by atoms with van der Waals surface area (Å²) in [6.07, 6.45) is 0.841. The molecule has 4 heterocycles. The molecule has 0 radical (unpaired) electrons. The maximum absolute atomic E-state index is 13.5. The lowest BCUT2D eigenvalue weighted by Crippen LogP contribution is -2.44. The lowest BCUT2D eigenvalue weighted by atomic mass is 9.86. The molecule has 2 aromatic carbocycles. The minimum absolute atomic E-state index is 0.124. The number of ether oxygens (including phenoxy) is 1. The molecular weight excluding hydrogens is 416 g/mol. The molecule has 6 nitrogen and oxygen atoms in total. The molecule has 0 saturated heterocycles. The summed E-state index contributed by atoms with van der Waals surface area (Å²) in [5, 5.41) is 12.1. The Morgan fingerprint density at radius 1 is 1.06 bits per heavy atom. The van der Waals surface area contributed by atoms with Crippen LogP contribution in [0.2, 0.25) is 0 Å². The molecule has 2 aliphatic rings. The summed E-state index contributed by atoms with van der Waals surface area (Å²) < 4.78 is 6.87. The molecule has 4 aromatic rings. The van der Waals surface area contributed by atoms with Crippen molar-refractivity contribution in [3.63, 3.8) is 0 Å². The topological polar surface area (TPSA) is 81.4 Å². The first-order valence-corrected chi connectivity index (χ1v) is 11.1. The van der Waals surface area contributed by atoms with Gasteiger partial charge < -0.3 is 14.4 Å². The van der Waals surface area contributed by atoms with Gasteiger partial charge in [-0.1, -0.05) is 55.5 Å². The van der Waals surface area contributed by atoms with Crippen molar-refractivity contribution in [3.8, 4) is 11.4 Å². The zero-order chi connectivity index (χ0) is 22.7. The SMILES string of the molecule is CC[C@@]1(O)C(=O)OCc2c1cc1n(c2=O)Cc2c-1nc1ccccc1c2Cc1ccccc1. The molecule has 0 amide bonds. The van der Waals surface area contributed by atoms with Crippen molar-refractivity contribution in [2.24, 2.45) is 0 Å². The van der Waals surface area contributed by atoms with Gasteiger partial charge >= 0.3 is 5.97 Å². The first-order valence-electron chi connectivity index (χ1n) is 11.1. The number of cyclic esters (lactones) is 1. The van der Waals surface area contributed by atoms with Gasteiger partial charge in [0.2, 0.25) is 0 Å². The molecule has 1 atom stereocenters. The molecule has 0 aliphatic carbocycles. The lowest BCUT2D eigenvalue weighted by Gasteiger charge is -2.31. The van der Waals surface area contributed by atoms with Crippen molar-refractivity contribution in [2.75, 3.05) is 0 Å². The summed E-state index contributed by atoms with van der Waals surface area (Å²) in [5.74, 6) is -0.712. The highest BCUT2D eigenvalue weighted by molar-refractivity contribution is 5.89. The van der Waals surface area contributed by atoms with Gasteiger partial charge in [-0.2, -0.15) is 0 Å². The minimum atomic E-state index is -1.82. The number of hydrogen-bond donors (Lipinski definition) is 1. The number of aliphatic hydroxyl groups is 1. The molecular formula is C27H22N2O4.